The Balaban J connectivity index is 2.90. The monoisotopic (exact) mass is 240 g/mol. The fourth-order valence-electron chi connectivity index (χ4n) is 1.84. The van der Waals surface area contributed by atoms with Gasteiger partial charge in [-0.1, -0.05) is 18.2 Å². The molecule has 0 radical (unpaired) electrons. The van der Waals surface area contributed by atoms with Crippen molar-refractivity contribution in [2.45, 2.75) is 13.8 Å². The fraction of sp³-hybridized carbons (Fsp3) is 0.143. The third-order valence-electron chi connectivity index (χ3n) is 3.03. The predicted molar refractivity (Wildman–Crippen MR) is 67.9 cm³/mol. The number of hydrogen-bond acceptors (Lipinski definition) is 3. The van der Waals surface area contributed by atoms with Crippen LogP contribution in [-0.4, -0.2) is 9.67 Å². The molecule has 1 heterocycles. The average Bonchev–Trinajstić information content (AvgIpc) is 2.38. The molecule has 2 rings (SSSR count). The Morgan fingerprint density at radius 1 is 1.17 bits per heavy atom. The number of nitrogens with zero attached hydrogens (tertiary/aromatic N) is 2. The number of nitriles is 1. The molecule has 0 saturated carbocycles. The van der Waals surface area contributed by atoms with E-state index in [4.69, 9.17) is 5.26 Å². The molecule has 18 heavy (non-hydrogen) atoms. The molecular formula is C14H12N2O2. The summed E-state index contributed by atoms with van der Waals surface area (Å²) in [6.07, 6.45) is 0. The first-order valence-corrected chi connectivity index (χ1v) is 5.48. The normalized spacial score (nSPS) is 10.1. The molecule has 0 bridgehead atoms. The van der Waals surface area contributed by atoms with E-state index in [1.807, 2.05) is 12.1 Å². The summed E-state index contributed by atoms with van der Waals surface area (Å²) in [4.78, 5) is 12.2. The van der Waals surface area contributed by atoms with Gasteiger partial charge in [-0.25, -0.2) is 4.57 Å². The van der Waals surface area contributed by atoms with Crippen molar-refractivity contribution in [3.8, 4) is 17.6 Å². The number of aromatic nitrogens is 1. The summed E-state index contributed by atoms with van der Waals surface area (Å²) in [5.74, 6) is -0.123. The second kappa shape index (κ2) is 4.38. The molecule has 1 aromatic heterocycles. The summed E-state index contributed by atoms with van der Waals surface area (Å²) in [5.41, 5.74) is 1.17. The number of aromatic hydroxyl groups is 1. The van der Waals surface area contributed by atoms with Gasteiger partial charge in [-0.2, -0.15) is 5.26 Å². The number of para-hydroxylation sites is 1. The summed E-state index contributed by atoms with van der Waals surface area (Å²) in [6, 6.07) is 10.7. The van der Waals surface area contributed by atoms with Crippen LogP contribution in [0.2, 0.25) is 0 Å². The zero-order chi connectivity index (χ0) is 13.3. The quantitative estimate of drug-likeness (QED) is 0.829. The lowest BCUT2D eigenvalue weighted by atomic mass is 10.1. The van der Waals surface area contributed by atoms with Gasteiger partial charge >= 0.3 is 0 Å². The highest BCUT2D eigenvalue weighted by Crippen LogP contribution is 2.23. The van der Waals surface area contributed by atoms with Gasteiger partial charge in [-0.15, -0.1) is 0 Å². The average molecular weight is 240 g/mol. The summed E-state index contributed by atoms with van der Waals surface area (Å²) in [7, 11) is 0. The molecule has 0 unspecified atom stereocenters. The highest BCUT2D eigenvalue weighted by molar-refractivity contribution is 5.49. The predicted octanol–water partition coefficient (Wildman–Crippen LogP) is 2.03. The van der Waals surface area contributed by atoms with Crippen LogP contribution in [0, 0.1) is 25.2 Å². The standard InChI is InChI=1S/C14H12N2O2/c1-9-10(2)13(17)16(14(18)12(9)8-15)11-6-4-3-5-7-11/h3-7,17H,1-2H3. The van der Waals surface area contributed by atoms with Gasteiger partial charge in [-0.05, 0) is 31.5 Å². The molecule has 0 aliphatic carbocycles. The number of pyridine rings is 1. The Hall–Kier alpha value is -2.54. The molecule has 4 heteroatoms. The Morgan fingerprint density at radius 2 is 1.78 bits per heavy atom. The lowest BCUT2D eigenvalue weighted by Crippen LogP contribution is -2.23. The lowest BCUT2D eigenvalue weighted by Gasteiger charge is -2.13. The second-order valence-corrected chi connectivity index (χ2v) is 4.04. The molecule has 0 aliphatic heterocycles. The van der Waals surface area contributed by atoms with E-state index in [-0.39, 0.29) is 11.4 Å². The minimum Gasteiger partial charge on any atom is -0.494 e. The molecule has 0 atom stereocenters. The maximum absolute atomic E-state index is 12.2. The second-order valence-electron chi connectivity index (χ2n) is 4.04. The van der Waals surface area contributed by atoms with E-state index in [1.54, 1.807) is 38.1 Å². The van der Waals surface area contributed by atoms with Crippen LogP contribution >= 0.6 is 0 Å². The maximum Gasteiger partial charge on any atom is 0.276 e. The first-order valence-electron chi connectivity index (χ1n) is 5.48. The largest absolute Gasteiger partial charge is 0.494 e. The summed E-state index contributed by atoms with van der Waals surface area (Å²) in [5, 5.41) is 19.1. The van der Waals surface area contributed by atoms with Crippen LogP contribution in [-0.2, 0) is 0 Å². The van der Waals surface area contributed by atoms with E-state index >= 15 is 0 Å². The molecule has 0 spiro atoms. The molecular weight excluding hydrogens is 228 g/mol. The van der Waals surface area contributed by atoms with Crippen LogP contribution in [0.15, 0.2) is 35.1 Å². The third-order valence-corrected chi connectivity index (χ3v) is 3.03. The van der Waals surface area contributed by atoms with Gasteiger partial charge in [0, 0.05) is 5.56 Å². The van der Waals surface area contributed by atoms with E-state index in [9.17, 15) is 9.90 Å². The van der Waals surface area contributed by atoms with Crippen molar-refractivity contribution < 1.29 is 5.11 Å². The topological polar surface area (TPSA) is 66.0 Å². The van der Waals surface area contributed by atoms with Crippen molar-refractivity contribution in [1.82, 2.24) is 4.57 Å². The van der Waals surface area contributed by atoms with Crippen LogP contribution in [0.3, 0.4) is 0 Å². The third kappa shape index (κ3) is 1.66. The molecule has 0 amide bonds. The van der Waals surface area contributed by atoms with Crippen LogP contribution in [0.5, 0.6) is 5.88 Å². The van der Waals surface area contributed by atoms with Gasteiger partial charge in [0.1, 0.15) is 11.6 Å². The van der Waals surface area contributed by atoms with E-state index in [2.05, 4.69) is 0 Å². The fourth-order valence-corrected chi connectivity index (χ4v) is 1.84. The Morgan fingerprint density at radius 3 is 2.33 bits per heavy atom. The Kier molecular flexibility index (Phi) is 2.90. The number of rotatable bonds is 1. The van der Waals surface area contributed by atoms with Crippen LogP contribution in [0.25, 0.3) is 5.69 Å². The molecule has 4 nitrogen and oxygen atoms in total. The van der Waals surface area contributed by atoms with Gasteiger partial charge in [0.2, 0.25) is 5.88 Å². The number of benzene rings is 1. The van der Waals surface area contributed by atoms with Crippen molar-refractivity contribution >= 4 is 0 Å². The van der Waals surface area contributed by atoms with Crippen LogP contribution in [0.1, 0.15) is 16.7 Å². The molecule has 1 N–H and O–H groups in total. The summed E-state index contributed by atoms with van der Waals surface area (Å²) in [6.45, 7) is 3.34. The van der Waals surface area contributed by atoms with E-state index in [0.717, 1.165) is 4.57 Å². The summed E-state index contributed by atoms with van der Waals surface area (Å²) < 4.78 is 1.15. The lowest BCUT2D eigenvalue weighted by molar-refractivity contribution is 0.430. The molecule has 0 fully saturated rings. The first-order chi connectivity index (χ1) is 8.57. The minimum absolute atomic E-state index is 0.0640. The SMILES string of the molecule is Cc1c(C)c(O)n(-c2ccccc2)c(=O)c1C#N. The smallest absolute Gasteiger partial charge is 0.276 e. The molecule has 1 aromatic carbocycles. The highest BCUT2D eigenvalue weighted by Gasteiger charge is 2.16. The van der Waals surface area contributed by atoms with Gasteiger partial charge in [0.25, 0.3) is 5.56 Å². The maximum atomic E-state index is 12.2. The van der Waals surface area contributed by atoms with Gasteiger partial charge in [0.15, 0.2) is 0 Å². The molecule has 0 saturated heterocycles. The summed E-state index contributed by atoms with van der Waals surface area (Å²) >= 11 is 0. The molecule has 2 aromatic rings. The Bertz CT molecular complexity index is 694. The molecule has 90 valence electrons. The van der Waals surface area contributed by atoms with Crippen molar-refractivity contribution in [2.24, 2.45) is 0 Å². The molecule has 0 aliphatic rings. The van der Waals surface area contributed by atoms with Crippen LogP contribution < -0.4 is 5.56 Å². The van der Waals surface area contributed by atoms with E-state index < -0.39 is 5.56 Å². The number of hydrogen-bond donors (Lipinski definition) is 1. The highest BCUT2D eigenvalue weighted by atomic mass is 16.3. The van der Waals surface area contributed by atoms with Crippen molar-refractivity contribution in [3.63, 3.8) is 0 Å². The Labute approximate surface area is 104 Å². The van der Waals surface area contributed by atoms with Crippen molar-refractivity contribution in [1.29, 1.82) is 5.26 Å². The van der Waals surface area contributed by atoms with E-state index in [1.165, 1.54) is 0 Å². The van der Waals surface area contributed by atoms with E-state index in [0.29, 0.717) is 16.8 Å². The van der Waals surface area contributed by atoms with Gasteiger partial charge in [-0.3, -0.25) is 4.79 Å². The van der Waals surface area contributed by atoms with Crippen LogP contribution in [0.4, 0.5) is 0 Å². The first kappa shape index (κ1) is 11.9. The minimum atomic E-state index is -0.496. The van der Waals surface area contributed by atoms with Gasteiger partial charge in [0.05, 0.1) is 5.69 Å². The zero-order valence-electron chi connectivity index (χ0n) is 10.1. The van der Waals surface area contributed by atoms with Crippen molar-refractivity contribution in [3.05, 3.63) is 57.4 Å². The zero-order valence-corrected chi connectivity index (χ0v) is 10.1. The van der Waals surface area contributed by atoms with Crippen molar-refractivity contribution in [2.75, 3.05) is 0 Å². The van der Waals surface area contributed by atoms with Gasteiger partial charge < -0.3 is 5.11 Å².